The van der Waals surface area contributed by atoms with Gasteiger partial charge in [-0.1, -0.05) is 0 Å². The van der Waals surface area contributed by atoms with Crippen molar-refractivity contribution in [2.75, 3.05) is 19.3 Å². The Morgan fingerprint density at radius 2 is 2.05 bits per heavy atom. The molecule has 2 heterocycles. The van der Waals surface area contributed by atoms with Crippen LogP contribution < -0.4 is 5.32 Å². The van der Waals surface area contributed by atoms with Crippen molar-refractivity contribution in [3.05, 3.63) is 23.8 Å². The lowest BCUT2D eigenvalue weighted by Gasteiger charge is -2.29. The van der Waals surface area contributed by atoms with Gasteiger partial charge in [0.05, 0.1) is 18.5 Å². The van der Waals surface area contributed by atoms with E-state index in [9.17, 15) is 13.2 Å². The molecule has 0 saturated carbocycles. The quantitative estimate of drug-likeness (QED) is 0.849. The highest BCUT2D eigenvalue weighted by molar-refractivity contribution is 7.88. The highest BCUT2D eigenvalue weighted by Crippen LogP contribution is 2.19. The van der Waals surface area contributed by atoms with Gasteiger partial charge in [-0.3, -0.25) is 4.79 Å². The lowest BCUT2D eigenvalue weighted by molar-refractivity contribution is -0.126. The second-order valence-electron chi connectivity index (χ2n) is 5.30. The monoisotopic (exact) mass is 312 g/mol. The Labute approximate surface area is 124 Å². The van der Waals surface area contributed by atoms with Crippen LogP contribution in [0.15, 0.2) is 12.4 Å². The molecule has 21 heavy (non-hydrogen) atoms. The SMILES string of the molecule is Cc1cc(CNC(=O)C2CCN(S(C)(=O)=O)CC2)ncn1. The maximum absolute atomic E-state index is 12.1. The molecule has 0 aliphatic carbocycles. The number of hydrogen-bond donors (Lipinski definition) is 1. The minimum Gasteiger partial charge on any atom is -0.350 e. The highest BCUT2D eigenvalue weighted by Gasteiger charge is 2.28. The first-order valence-corrected chi connectivity index (χ1v) is 8.71. The smallest absolute Gasteiger partial charge is 0.223 e. The zero-order chi connectivity index (χ0) is 15.5. The van der Waals surface area contributed by atoms with Crippen molar-refractivity contribution in [2.24, 2.45) is 5.92 Å². The van der Waals surface area contributed by atoms with Crippen LogP contribution in [-0.4, -0.2) is 47.9 Å². The number of carbonyl (C=O) groups excluding carboxylic acids is 1. The van der Waals surface area contributed by atoms with Crippen molar-refractivity contribution in [1.82, 2.24) is 19.6 Å². The highest BCUT2D eigenvalue weighted by atomic mass is 32.2. The zero-order valence-electron chi connectivity index (χ0n) is 12.2. The molecule has 1 fully saturated rings. The van der Waals surface area contributed by atoms with Gasteiger partial charge in [0.25, 0.3) is 0 Å². The third kappa shape index (κ3) is 4.47. The lowest BCUT2D eigenvalue weighted by Crippen LogP contribution is -2.42. The summed E-state index contributed by atoms with van der Waals surface area (Å²) in [7, 11) is -3.15. The van der Waals surface area contributed by atoms with E-state index < -0.39 is 10.0 Å². The Morgan fingerprint density at radius 1 is 1.38 bits per heavy atom. The molecule has 1 aromatic rings. The van der Waals surface area contributed by atoms with Crippen molar-refractivity contribution in [2.45, 2.75) is 26.3 Å². The summed E-state index contributed by atoms with van der Waals surface area (Å²) in [6.45, 7) is 3.05. The average Bonchev–Trinajstić information content (AvgIpc) is 2.44. The zero-order valence-corrected chi connectivity index (χ0v) is 13.1. The molecule has 1 N–H and O–H groups in total. The molecule has 8 heteroatoms. The van der Waals surface area contributed by atoms with Gasteiger partial charge in [-0.05, 0) is 25.8 Å². The van der Waals surface area contributed by atoms with Gasteiger partial charge in [-0.25, -0.2) is 22.7 Å². The van der Waals surface area contributed by atoms with E-state index in [1.54, 1.807) is 0 Å². The maximum Gasteiger partial charge on any atom is 0.223 e. The van der Waals surface area contributed by atoms with E-state index in [1.807, 2.05) is 13.0 Å². The molecule has 0 radical (unpaired) electrons. The standard InChI is InChI=1S/C13H20N4O3S/c1-10-7-12(16-9-15-10)8-14-13(18)11-3-5-17(6-4-11)21(2,19)20/h7,9,11H,3-6,8H2,1-2H3,(H,14,18). The van der Waals surface area contributed by atoms with E-state index in [4.69, 9.17) is 0 Å². The first-order chi connectivity index (χ1) is 9.86. The summed E-state index contributed by atoms with van der Waals surface area (Å²) in [5, 5.41) is 2.85. The van der Waals surface area contributed by atoms with Crippen molar-refractivity contribution in [1.29, 1.82) is 0 Å². The Morgan fingerprint density at radius 3 is 2.62 bits per heavy atom. The van der Waals surface area contributed by atoms with E-state index in [0.717, 1.165) is 11.4 Å². The van der Waals surface area contributed by atoms with Gasteiger partial charge >= 0.3 is 0 Å². The number of rotatable bonds is 4. The fourth-order valence-electron chi connectivity index (χ4n) is 2.38. The number of sulfonamides is 1. The molecule has 0 bridgehead atoms. The van der Waals surface area contributed by atoms with Crippen molar-refractivity contribution >= 4 is 15.9 Å². The molecule has 116 valence electrons. The molecule has 1 saturated heterocycles. The summed E-state index contributed by atoms with van der Waals surface area (Å²) in [6, 6.07) is 1.83. The first kappa shape index (κ1) is 15.8. The predicted molar refractivity (Wildman–Crippen MR) is 77.8 cm³/mol. The van der Waals surface area contributed by atoms with Crippen molar-refractivity contribution < 1.29 is 13.2 Å². The Kier molecular flexibility index (Phi) is 4.89. The Hall–Kier alpha value is -1.54. The van der Waals surface area contributed by atoms with Gasteiger partial charge in [0.1, 0.15) is 6.33 Å². The molecule has 0 atom stereocenters. The maximum atomic E-state index is 12.1. The molecule has 2 rings (SSSR count). The van der Waals surface area contributed by atoms with Crippen LogP contribution in [0.2, 0.25) is 0 Å². The fraction of sp³-hybridized carbons (Fsp3) is 0.615. The molecule has 1 amide bonds. The molecule has 7 nitrogen and oxygen atoms in total. The number of aryl methyl sites for hydroxylation is 1. The average molecular weight is 312 g/mol. The third-order valence-electron chi connectivity index (χ3n) is 3.60. The predicted octanol–water partition coefficient (Wildman–Crippen LogP) is 0.0728. The minimum absolute atomic E-state index is 0.0422. The van der Waals surface area contributed by atoms with Crippen LogP contribution >= 0.6 is 0 Å². The molecule has 1 aliphatic heterocycles. The number of amides is 1. The second-order valence-corrected chi connectivity index (χ2v) is 7.29. The summed E-state index contributed by atoms with van der Waals surface area (Å²) >= 11 is 0. The summed E-state index contributed by atoms with van der Waals surface area (Å²) in [4.78, 5) is 20.2. The molecule has 0 spiro atoms. The van der Waals surface area contributed by atoms with Crippen molar-refractivity contribution in [3.8, 4) is 0 Å². The number of hydrogen-bond acceptors (Lipinski definition) is 5. The summed E-state index contributed by atoms with van der Waals surface area (Å²) in [5.41, 5.74) is 1.63. The lowest BCUT2D eigenvalue weighted by atomic mass is 9.97. The van der Waals surface area contributed by atoms with Crippen LogP contribution in [0.1, 0.15) is 24.2 Å². The van der Waals surface area contributed by atoms with Gasteiger partial charge in [0.15, 0.2) is 0 Å². The van der Waals surface area contributed by atoms with E-state index in [2.05, 4.69) is 15.3 Å². The fourth-order valence-corrected chi connectivity index (χ4v) is 3.25. The third-order valence-corrected chi connectivity index (χ3v) is 4.90. The molecule has 0 aromatic carbocycles. The van der Waals surface area contributed by atoms with Gasteiger partial charge in [0.2, 0.25) is 15.9 Å². The van der Waals surface area contributed by atoms with E-state index in [0.29, 0.717) is 32.5 Å². The minimum atomic E-state index is -3.15. The number of piperidine rings is 1. The first-order valence-electron chi connectivity index (χ1n) is 6.86. The van der Waals surface area contributed by atoms with E-state index in [-0.39, 0.29) is 11.8 Å². The molecule has 1 aliphatic rings. The Balaban J connectivity index is 1.83. The molecular weight excluding hydrogens is 292 g/mol. The number of nitrogens with zero attached hydrogens (tertiary/aromatic N) is 3. The number of nitrogens with one attached hydrogen (secondary N) is 1. The topological polar surface area (TPSA) is 92.3 Å². The van der Waals surface area contributed by atoms with Crippen LogP contribution in [0.3, 0.4) is 0 Å². The summed E-state index contributed by atoms with van der Waals surface area (Å²) in [5.74, 6) is -0.176. The summed E-state index contributed by atoms with van der Waals surface area (Å²) < 4.78 is 24.3. The number of carbonyl (C=O) groups is 1. The molecular formula is C13H20N4O3S. The van der Waals surface area contributed by atoms with Gasteiger partial charge in [0, 0.05) is 24.7 Å². The summed E-state index contributed by atoms with van der Waals surface area (Å²) in [6.07, 6.45) is 3.79. The van der Waals surface area contributed by atoms with Gasteiger partial charge in [-0.2, -0.15) is 0 Å². The second kappa shape index (κ2) is 6.48. The molecule has 0 unspecified atom stereocenters. The largest absolute Gasteiger partial charge is 0.350 e. The van der Waals surface area contributed by atoms with Crippen LogP contribution in [0.4, 0.5) is 0 Å². The van der Waals surface area contributed by atoms with Crippen molar-refractivity contribution in [3.63, 3.8) is 0 Å². The van der Waals surface area contributed by atoms with E-state index in [1.165, 1.54) is 16.9 Å². The van der Waals surface area contributed by atoms with Crippen LogP contribution in [0.25, 0.3) is 0 Å². The van der Waals surface area contributed by atoms with Crippen LogP contribution in [0, 0.1) is 12.8 Å². The normalized spacial score (nSPS) is 17.6. The van der Waals surface area contributed by atoms with Gasteiger partial charge in [-0.15, -0.1) is 0 Å². The Bertz CT molecular complexity index is 610. The molecule has 1 aromatic heterocycles. The number of aromatic nitrogens is 2. The van der Waals surface area contributed by atoms with Gasteiger partial charge < -0.3 is 5.32 Å². The van der Waals surface area contributed by atoms with E-state index >= 15 is 0 Å². The van der Waals surface area contributed by atoms with Crippen LogP contribution in [0.5, 0.6) is 0 Å². The van der Waals surface area contributed by atoms with Crippen LogP contribution in [-0.2, 0) is 21.4 Å².